The SMILES string of the molecule is CC(C)=CC(=O)NC1=CC[C@@]2(C)[C@@H](C[C@@H](O)[C@@H]3[C@@H]2CC[C@]2(C)[C@@H]([C@@H](C)N(C)C)CC[C@@H]32)C1=O. The van der Waals surface area contributed by atoms with E-state index in [1.54, 1.807) is 0 Å². The summed E-state index contributed by atoms with van der Waals surface area (Å²) in [6.45, 7) is 10.9. The van der Waals surface area contributed by atoms with E-state index < -0.39 is 6.10 Å². The van der Waals surface area contributed by atoms with Crippen LogP contribution in [0.15, 0.2) is 23.4 Å². The number of nitrogens with one attached hydrogen (secondary N) is 1. The maximum atomic E-state index is 13.5. The first-order valence-corrected chi connectivity index (χ1v) is 12.9. The van der Waals surface area contributed by atoms with Crippen molar-refractivity contribution in [1.82, 2.24) is 10.2 Å². The van der Waals surface area contributed by atoms with Gasteiger partial charge in [0.25, 0.3) is 0 Å². The van der Waals surface area contributed by atoms with Crippen molar-refractivity contribution in [3.8, 4) is 0 Å². The highest BCUT2D eigenvalue weighted by molar-refractivity contribution is 6.03. The molecular formula is C28H44N2O3. The Morgan fingerprint density at radius 3 is 2.48 bits per heavy atom. The number of rotatable bonds is 4. The van der Waals surface area contributed by atoms with E-state index in [9.17, 15) is 14.7 Å². The number of fused-ring (bicyclic) bond motifs is 5. The first kappa shape index (κ1) is 24.7. The molecule has 0 radical (unpaired) electrons. The molecule has 0 unspecified atom stereocenters. The summed E-state index contributed by atoms with van der Waals surface area (Å²) in [7, 11) is 4.37. The van der Waals surface area contributed by atoms with Crippen LogP contribution in [0.5, 0.6) is 0 Å². The molecule has 0 aromatic carbocycles. The topological polar surface area (TPSA) is 69.6 Å². The van der Waals surface area contributed by atoms with Gasteiger partial charge in [0.1, 0.15) is 0 Å². The number of amides is 1. The number of allylic oxidation sites excluding steroid dienone is 3. The Labute approximate surface area is 200 Å². The normalized spacial score (nSPS) is 43.2. The highest BCUT2D eigenvalue weighted by Gasteiger charge is 2.63. The van der Waals surface area contributed by atoms with E-state index in [0.29, 0.717) is 35.9 Å². The van der Waals surface area contributed by atoms with Crippen LogP contribution in [0.4, 0.5) is 0 Å². The van der Waals surface area contributed by atoms with Gasteiger partial charge < -0.3 is 15.3 Å². The number of carbonyl (C=O) groups excluding carboxylic acids is 2. The second-order valence-corrected chi connectivity index (χ2v) is 12.5. The molecule has 1 amide bonds. The first-order valence-electron chi connectivity index (χ1n) is 12.9. The van der Waals surface area contributed by atoms with Crippen molar-refractivity contribution in [3.63, 3.8) is 0 Å². The molecule has 3 fully saturated rings. The van der Waals surface area contributed by atoms with Crippen LogP contribution in [0, 0.1) is 40.4 Å². The van der Waals surface area contributed by atoms with Gasteiger partial charge in [-0.3, -0.25) is 9.59 Å². The van der Waals surface area contributed by atoms with Crippen LogP contribution in [0.3, 0.4) is 0 Å². The predicted molar refractivity (Wildman–Crippen MR) is 131 cm³/mol. The number of hydrogen-bond acceptors (Lipinski definition) is 4. The molecule has 33 heavy (non-hydrogen) atoms. The molecule has 0 spiro atoms. The van der Waals surface area contributed by atoms with Crippen molar-refractivity contribution in [2.75, 3.05) is 14.1 Å². The fourth-order valence-corrected chi connectivity index (χ4v) is 8.47. The Kier molecular flexibility index (Phi) is 6.46. The smallest absolute Gasteiger partial charge is 0.248 e. The van der Waals surface area contributed by atoms with Gasteiger partial charge >= 0.3 is 0 Å². The van der Waals surface area contributed by atoms with Gasteiger partial charge in [-0.25, -0.2) is 0 Å². The summed E-state index contributed by atoms with van der Waals surface area (Å²) in [5, 5.41) is 14.3. The third-order valence-electron chi connectivity index (χ3n) is 10.4. The zero-order valence-electron chi connectivity index (χ0n) is 21.6. The molecule has 4 aliphatic rings. The van der Waals surface area contributed by atoms with Gasteiger partial charge in [-0.2, -0.15) is 0 Å². The fourth-order valence-electron chi connectivity index (χ4n) is 8.47. The lowest BCUT2D eigenvalue weighted by Crippen LogP contribution is -2.60. The third-order valence-corrected chi connectivity index (χ3v) is 10.4. The Hall–Kier alpha value is -1.46. The quantitative estimate of drug-likeness (QED) is 0.618. The van der Waals surface area contributed by atoms with Crippen molar-refractivity contribution in [2.45, 2.75) is 85.3 Å². The number of ketones is 1. The van der Waals surface area contributed by atoms with Crippen LogP contribution >= 0.6 is 0 Å². The zero-order valence-corrected chi connectivity index (χ0v) is 21.6. The van der Waals surface area contributed by atoms with E-state index in [0.717, 1.165) is 18.4 Å². The molecule has 0 aliphatic heterocycles. The van der Waals surface area contributed by atoms with Gasteiger partial charge in [-0.15, -0.1) is 0 Å². The molecule has 0 aromatic rings. The maximum Gasteiger partial charge on any atom is 0.248 e. The summed E-state index contributed by atoms with van der Waals surface area (Å²) in [4.78, 5) is 28.1. The molecular weight excluding hydrogens is 412 g/mol. The lowest BCUT2D eigenvalue weighted by molar-refractivity contribution is -0.165. The third kappa shape index (κ3) is 3.93. The molecule has 0 bridgehead atoms. The van der Waals surface area contributed by atoms with E-state index in [-0.39, 0.29) is 34.4 Å². The van der Waals surface area contributed by atoms with Gasteiger partial charge in [-0.05, 0) is 108 Å². The van der Waals surface area contributed by atoms with Gasteiger partial charge in [0.05, 0.1) is 11.8 Å². The van der Waals surface area contributed by atoms with Crippen LogP contribution in [-0.4, -0.2) is 47.9 Å². The lowest BCUT2D eigenvalue weighted by atomic mass is 9.44. The van der Waals surface area contributed by atoms with Crippen LogP contribution in [0.2, 0.25) is 0 Å². The Balaban J connectivity index is 1.60. The molecule has 2 N–H and O–H groups in total. The number of aliphatic hydroxyl groups is 1. The highest BCUT2D eigenvalue weighted by Crippen LogP contribution is 2.67. The van der Waals surface area contributed by atoms with Crippen molar-refractivity contribution < 1.29 is 14.7 Å². The summed E-state index contributed by atoms with van der Waals surface area (Å²) < 4.78 is 0. The van der Waals surface area contributed by atoms with Gasteiger partial charge in [0.2, 0.25) is 5.91 Å². The number of Topliss-reactive ketones (excluding diaryl/α,β-unsaturated/α-hetero) is 1. The molecule has 9 atom stereocenters. The fraction of sp³-hybridized carbons (Fsp3) is 0.786. The Morgan fingerprint density at radius 2 is 1.85 bits per heavy atom. The van der Waals surface area contributed by atoms with Crippen LogP contribution < -0.4 is 5.32 Å². The van der Waals surface area contributed by atoms with Crippen LogP contribution in [-0.2, 0) is 9.59 Å². The monoisotopic (exact) mass is 456 g/mol. The second kappa shape index (κ2) is 8.64. The van der Waals surface area contributed by atoms with E-state index in [1.165, 1.54) is 25.3 Å². The molecule has 0 saturated heterocycles. The zero-order chi connectivity index (χ0) is 24.3. The summed E-state index contributed by atoms with van der Waals surface area (Å²) in [5.74, 6) is 1.35. The molecule has 3 saturated carbocycles. The number of carbonyl (C=O) groups is 2. The minimum absolute atomic E-state index is 0.00983. The van der Waals surface area contributed by atoms with E-state index in [2.05, 4.69) is 45.1 Å². The summed E-state index contributed by atoms with van der Waals surface area (Å²) in [6, 6.07) is 0.534. The van der Waals surface area contributed by atoms with Gasteiger partial charge in [0.15, 0.2) is 5.78 Å². The van der Waals surface area contributed by atoms with E-state index in [1.807, 2.05) is 19.9 Å². The maximum absolute atomic E-state index is 13.5. The van der Waals surface area contributed by atoms with E-state index in [4.69, 9.17) is 0 Å². The van der Waals surface area contributed by atoms with Crippen LogP contribution in [0.25, 0.3) is 0 Å². The minimum atomic E-state index is -0.442. The van der Waals surface area contributed by atoms with Crippen LogP contribution in [0.1, 0.15) is 73.1 Å². The first-order chi connectivity index (χ1) is 15.4. The Bertz CT molecular complexity index is 872. The lowest BCUT2D eigenvalue weighted by Gasteiger charge is -2.61. The summed E-state index contributed by atoms with van der Waals surface area (Å²) in [6.07, 6.45) is 9.04. The average molecular weight is 457 g/mol. The van der Waals surface area contributed by atoms with Crippen molar-refractivity contribution in [3.05, 3.63) is 23.4 Å². The molecule has 4 rings (SSSR count). The molecule has 5 heteroatoms. The van der Waals surface area contributed by atoms with Crippen molar-refractivity contribution >= 4 is 11.7 Å². The Morgan fingerprint density at radius 1 is 1.18 bits per heavy atom. The number of aliphatic hydroxyl groups excluding tert-OH is 1. The summed E-state index contributed by atoms with van der Waals surface area (Å²) in [5.41, 5.74) is 1.44. The average Bonchev–Trinajstić information content (AvgIpc) is 3.07. The molecule has 0 heterocycles. The summed E-state index contributed by atoms with van der Waals surface area (Å²) >= 11 is 0. The number of nitrogens with zero attached hydrogens (tertiary/aromatic N) is 1. The standard InChI is InChI=1S/C28H44N2O3/c1-16(2)14-24(32)29-22-11-13-28(5)20-10-12-27(4)18(17(3)30(6)7)8-9-19(27)25(20)23(31)15-21(28)26(22)33/h11,14,17-21,23,25,31H,8-10,12-13,15H2,1-7H3,(H,29,32)/t17-,18-,19+,20+,21+,23-,25+,27-,28-/m1/s1. The predicted octanol–water partition coefficient (Wildman–Crippen LogP) is 4.32. The second-order valence-electron chi connectivity index (χ2n) is 12.5. The van der Waals surface area contributed by atoms with Crippen molar-refractivity contribution in [1.29, 1.82) is 0 Å². The van der Waals surface area contributed by atoms with Crippen molar-refractivity contribution in [2.24, 2.45) is 40.4 Å². The molecule has 184 valence electrons. The number of hydrogen-bond donors (Lipinski definition) is 2. The minimum Gasteiger partial charge on any atom is -0.393 e. The largest absolute Gasteiger partial charge is 0.393 e. The highest BCUT2D eigenvalue weighted by atomic mass is 16.3. The van der Waals surface area contributed by atoms with Gasteiger partial charge in [-0.1, -0.05) is 25.5 Å². The van der Waals surface area contributed by atoms with Gasteiger partial charge in [0, 0.05) is 18.0 Å². The molecule has 0 aromatic heterocycles. The van der Waals surface area contributed by atoms with E-state index >= 15 is 0 Å². The molecule has 5 nitrogen and oxygen atoms in total. The molecule has 4 aliphatic carbocycles.